The second-order valence-corrected chi connectivity index (χ2v) is 3.07. The van der Waals surface area contributed by atoms with Crippen molar-refractivity contribution in [2.24, 2.45) is 0 Å². The van der Waals surface area contributed by atoms with Crippen molar-refractivity contribution < 1.29 is 14.3 Å². The van der Waals surface area contributed by atoms with E-state index in [1.807, 2.05) is 0 Å². The number of alkyl carbamates (subject to hydrolysis) is 1. The number of methoxy groups -OCH3 is 1. The number of carbonyl (C=O) groups excluding carboxylic acids is 2. The minimum Gasteiger partial charge on any atom is -0.453 e. The van der Waals surface area contributed by atoms with E-state index in [4.69, 9.17) is 0 Å². The molecule has 0 rings (SSSR count). The lowest BCUT2D eigenvalue weighted by molar-refractivity contribution is -0.112. The first-order chi connectivity index (χ1) is 5.65. The van der Waals surface area contributed by atoms with Gasteiger partial charge < -0.3 is 10.1 Å². The molecule has 70 valence electrons. The third-order valence-electron chi connectivity index (χ3n) is 1.15. The van der Waals surface area contributed by atoms with E-state index in [2.05, 4.69) is 22.7 Å². The molecule has 0 aliphatic rings. The standard InChI is InChI=1S/C6H11NO3S2/c1-10-6(9)7-4(3-11)5(8)12-2/h4,11H,3H2,1-2H3,(H,7,9)/t4-/m0/s1. The minimum atomic E-state index is -0.614. The van der Waals surface area contributed by atoms with Gasteiger partial charge in [-0.25, -0.2) is 4.79 Å². The number of rotatable bonds is 3. The Morgan fingerprint density at radius 1 is 1.67 bits per heavy atom. The number of carbonyl (C=O) groups is 2. The van der Waals surface area contributed by atoms with Gasteiger partial charge in [0, 0.05) is 5.75 Å². The van der Waals surface area contributed by atoms with Gasteiger partial charge in [-0.15, -0.1) is 0 Å². The van der Waals surface area contributed by atoms with Crippen LogP contribution in [0, 0.1) is 0 Å². The van der Waals surface area contributed by atoms with Gasteiger partial charge in [0.1, 0.15) is 6.04 Å². The van der Waals surface area contributed by atoms with Gasteiger partial charge in [0.25, 0.3) is 0 Å². The first kappa shape index (κ1) is 11.6. The average Bonchev–Trinajstić information content (AvgIpc) is 2.12. The lowest BCUT2D eigenvalue weighted by Gasteiger charge is -2.12. The summed E-state index contributed by atoms with van der Waals surface area (Å²) in [7, 11) is 1.24. The maximum absolute atomic E-state index is 11.0. The Kier molecular flexibility index (Phi) is 6.00. The highest BCUT2D eigenvalue weighted by molar-refractivity contribution is 8.13. The van der Waals surface area contributed by atoms with Crippen LogP contribution in [-0.4, -0.2) is 36.4 Å². The Bertz CT molecular complexity index is 174. The molecule has 1 N–H and O–H groups in total. The Morgan fingerprint density at radius 2 is 2.25 bits per heavy atom. The van der Waals surface area contributed by atoms with Crippen molar-refractivity contribution in [3.05, 3.63) is 0 Å². The molecular formula is C6H11NO3S2. The van der Waals surface area contributed by atoms with Crippen LogP contribution in [0.4, 0.5) is 4.79 Å². The predicted octanol–water partition coefficient (Wildman–Crippen LogP) is 0.530. The van der Waals surface area contributed by atoms with E-state index in [0.717, 1.165) is 11.8 Å². The van der Waals surface area contributed by atoms with Crippen LogP contribution in [0.25, 0.3) is 0 Å². The van der Waals surface area contributed by atoms with Crippen LogP contribution < -0.4 is 5.32 Å². The summed E-state index contributed by atoms with van der Waals surface area (Å²) in [6, 6.07) is -0.573. The quantitative estimate of drug-likeness (QED) is 0.666. The van der Waals surface area contributed by atoms with Crippen LogP contribution in [-0.2, 0) is 9.53 Å². The molecule has 0 saturated heterocycles. The summed E-state index contributed by atoms with van der Waals surface area (Å²) in [6.45, 7) is 0. The predicted molar refractivity (Wildman–Crippen MR) is 51.7 cm³/mol. The zero-order valence-corrected chi connectivity index (χ0v) is 8.58. The molecule has 1 amide bonds. The highest BCUT2D eigenvalue weighted by atomic mass is 32.2. The van der Waals surface area contributed by atoms with Gasteiger partial charge in [0.05, 0.1) is 7.11 Å². The first-order valence-electron chi connectivity index (χ1n) is 3.18. The van der Waals surface area contributed by atoms with E-state index in [1.54, 1.807) is 6.26 Å². The number of thiol groups is 1. The third kappa shape index (κ3) is 3.87. The summed E-state index contributed by atoms with van der Waals surface area (Å²) in [5.74, 6) is 0.273. The van der Waals surface area contributed by atoms with Crippen molar-refractivity contribution in [2.45, 2.75) is 6.04 Å². The second kappa shape index (κ2) is 6.19. The third-order valence-corrected chi connectivity index (χ3v) is 2.20. The smallest absolute Gasteiger partial charge is 0.407 e. The van der Waals surface area contributed by atoms with Crippen molar-refractivity contribution >= 4 is 35.6 Å². The Morgan fingerprint density at radius 3 is 2.58 bits per heavy atom. The second-order valence-electron chi connectivity index (χ2n) is 1.89. The van der Waals surface area contributed by atoms with Crippen LogP contribution in [0.2, 0.25) is 0 Å². The Balaban J connectivity index is 3.99. The van der Waals surface area contributed by atoms with Gasteiger partial charge in [-0.05, 0) is 6.26 Å². The number of amides is 1. The molecule has 6 heteroatoms. The molecule has 0 aromatic carbocycles. The lowest BCUT2D eigenvalue weighted by atomic mass is 10.4. The summed E-state index contributed by atoms with van der Waals surface area (Å²) in [6.07, 6.45) is 1.04. The molecule has 1 atom stereocenters. The Hall–Kier alpha value is -0.360. The summed E-state index contributed by atoms with van der Waals surface area (Å²) in [5, 5.41) is 2.23. The van der Waals surface area contributed by atoms with E-state index in [1.165, 1.54) is 7.11 Å². The fourth-order valence-electron chi connectivity index (χ4n) is 0.523. The van der Waals surface area contributed by atoms with Crippen molar-refractivity contribution in [1.29, 1.82) is 0 Å². The number of hydrogen-bond donors (Lipinski definition) is 2. The molecule has 0 aliphatic heterocycles. The van der Waals surface area contributed by atoms with Crippen molar-refractivity contribution in [3.63, 3.8) is 0 Å². The molecule has 0 aliphatic carbocycles. The molecule has 0 heterocycles. The average molecular weight is 209 g/mol. The minimum absolute atomic E-state index is 0.129. The van der Waals surface area contributed by atoms with E-state index >= 15 is 0 Å². The van der Waals surface area contributed by atoms with E-state index in [-0.39, 0.29) is 10.9 Å². The van der Waals surface area contributed by atoms with E-state index in [0.29, 0.717) is 0 Å². The molecule has 4 nitrogen and oxygen atoms in total. The maximum atomic E-state index is 11.0. The molecular weight excluding hydrogens is 198 g/mol. The highest BCUT2D eigenvalue weighted by Gasteiger charge is 2.17. The van der Waals surface area contributed by atoms with Gasteiger partial charge >= 0.3 is 6.09 Å². The SMILES string of the molecule is COC(=O)N[C@@H](CS)C(=O)SC. The van der Waals surface area contributed by atoms with Crippen LogP contribution in [0.3, 0.4) is 0 Å². The fraction of sp³-hybridized carbons (Fsp3) is 0.667. The summed E-state index contributed by atoms with van der Waals surface area (Å²) in [4.78, 5) is 21.7. The zero-order valence-electron chi connectivity index (χ0n) is 6.86. The number of ether oxygens (including phenoxy) is 1. The molecule has 0 radical (unpaired) electrons. The highest BCUT2D eigenvalue weighted by Crippen LogP contribution is 2.02. The van der Waals surface area contributed by atoms with Crippen LogP contribution >= 0.6 is 24.4 Å². The Labute approximate surface area is 80.8 Å². The topological polar surface area (TPSA) is 55.4 Å². The molecule has 0 unspecified atom stereocenters. The molecule has 0 aromatic heterocycles. The maximum Gasteiger partial charge on any atom is 0.407 e. The van der Waals surface area contributed by atoms with Crippen LogP contribution in [0.5, 0.6) is 0 Å². The summed E-state index contributed by atoms with van der Waals surface area (Å²) in [5.41, 5.74) is 0. The zero-order chi connectivity index (χ0) is 9.56. The summed E-state index contributed by atoms with van der Waals surface area (Å²) >= 11 is 4.97. The van der Waals surface area contributed by atoms with Crippen molar-refractivity contribution in [3.8, 4) is 0 Å². The monoisotopic (exact) mass is 209 g/mol. The van der Waals surface area contributed by atoms with Crippen molar-refractivity contribution in [1.82, 2.24) is 5.32 Å². The molecule has 0 bridgehead atoms. The van der Waals surface area contributed by atoms with E-state index in [9.17, 15) is 9.59 Å². The van der Waals surface area contributed by atoms with Crippen molar-refractivity contribution in [2.75, 3.05) is 19.1 Å². The molecule has 0 fully saturated rings. The molecule has 0 aromatic rings. The fourth-order valence-corrected chi connectivity index (χ4v) is 1.33. The van der Waals surface area contributed by atoms with E-state index < -0.39 is 12.1 Å². The van der Waals surface area contributed by atoms with Crippen LogP contribution in [0.15, 0.2) is 0 Å². The lowest BCUT2D eigenvalue weighted by Crippen LogP contribution is -2.40. The summed E-state index contributed by atoms with van der Waals surface area (Å²) < 4.78 is 4.33. The van der Waals surface area contributed by atoms with Crippen LogP contribution in [0.1, 0.15) is 0 Å². The van der Waals surface area contributed by atoms with Gasteiger partial charge in [-0.1, -0.05) is 11.8 Å². The molecule has 0 spiro atoms. The van der Waals surface area contributed by atoms with Gasteiger partial charge in [-0.3, -0.25) is 4.79 Å². The largest absolute Gasteiger partial charge is 0.453 e. The number of thioether (sulfide) groups is 1. The first-order valence-corrected chi connectivity index (χ1v) is 5.04. The van der Waals surface area contributed by atoms with Gasteiger partial charge in [0.15, 0.2) is 0 Å². The molecule has 12 heavy (non-hydrogen) atoms. The van der Waals surface area contributed by atoms with Gasteiger partial charge in [-0.2, -0.15) is 12.6 Å². The molecule has 0 saturated carbocycles. The number of hydrogen-bond acceptors (Lipinski definition) is 5. The van der Waals surface area contributed by atoms with Gasteiger partial charge in [0.2, 0.25) is 5.12 Å². The normalized spacial score (nSPS) is 11.9. The number of nitrogens with one attached hydrogen (secondary N) is 1.